The average Bonchev–Trinajstić information content (AvgIpc) is 2.87. The largest absolute Gasteiger partial charge is 0.461 e. The van der Waals surface area contributed by atoms with Gasteiger partial charge in [-0.15, -0.1) is 23.1 Å². The molecule has 0 atom stereocenters. The van der Waals surface area contributed by atoms with Crippen LogP contribution in [-0.4, -0.2) is 17.6 Å². The van der Waals surface area contributed by atoms with E-state index in [1.807, 2.05) is 0 Å². The zero-order valence-corrected chi connectivity index (χ0v) is 12.4. The summed E-state index contributed by atoms with van der Waals surface area (Å²) in [4.78, 5) is 16.1. The van der Waals surface area contributed by atoms with Gasteiger partial charge in [0.05, 0.1) is 12.3 Å². The molecule has 0 saturated carbocycles. The predicted molar refractivity (Wildman–Crippen MR) is 78.4 cm³/mol. The molecule has 0 amide bonds. The van der Waals surface area contributed by atoms with E-state index in [9.17, 15) is 9.18 Å². The van der Waals surface area contributed by atoms with Gasteiger partial charge in [0.1, 0.15) is 5.82 Å². The topological polar surface area (TPSA) is 65.2 Å². The maximum Gasteiger partial charge on any atom is 0.367 e. The minimum absolute atomic E-state index is 0.319. The van der Waals surface area contributed by atoms with E-state index in [1.165, 1.54) is 29.2 Å². The van der Waals surface area contributed by atoms with Crippen molar-refractivity contribution in [1.29, 1.82) is 0 Å². The lowest BCUT2D eigenvalue weighted by Gasteiger charge is -2.02. The highest BCUT2D eigenvalue weighted by Crippen LogP contribution is 2.27. The first kappa shape index (κ1) is 14.8. The highest BCUT2D eigenvalue weighted by Gasteiger charge is 2.12. The normalized spacial score (nSPS) is 10.5. The van der Waals surface area contributed by atoms with Crippen LogP contribution in [0.4, 0.5) is 10.1 Å². The highest BCUT2D eigenvalue weighted by molar-refractivity contribution is 7.98. The summed E-state index contributed by atoms with van der Waals surface area (Å²) < 4.78 is 18.5. The van der Waals surface area contributed by atoms with Crippen LogP contribution in [0.25, 0.3) is 0 Å². The maximum atomic E-state index is 13.6. The molecular formula is C13H13FN2O2S2. The number of hydrogen-bond acceptors (Lipinski definition) is 6. The number of nitrogen functional groups attached to an aromatic ring is 1. The summed E-state index contributed by atoms with van der Waals surface area (Å²) in [6, 6.07) is 4.57. The van der Waals surface area contributed by atoms with Gasteiger partial charge in [0.2, 0.25) is 5.01 Å². The molecule has 2 rings (SSSR count). The number of ether oxygens (including phenoxy) is 1. The van der Waals surface area contributed by atoms with Gasteiger partial charge in [-0.3, -0.25) is 0 Å². The molecule has 0 unspecified atom stereocenters. The molecular weight excluding hydrogens is 299 g/mol. The number of carbonyl (C=O) groups excluding carboxylic acids is 1. The molecule has 0 bridgehead atoms. The van der Waals surface area contributed by atoms with E-state index in [4.69, 9.17) is 10.5 Å². The number of thioether (sulfide) groups is 1. The smallest absolute Gasteiger partial charge is 0.367 e. The Morgan fingerprint density at radius 1 is 1.55 bits per heavy atom. The summed E-state index contributed by atoms with van der Waals surface area (Å²) in [7, 11) is 0. The van der Waals surface area contributed by atoms with Crippen LogP contribution in [0.5, 0.6) is 0 Å². The van der Waals surface area contributed by atoms with E-state index in [-0.39, 0.29) is 5.82 Å². The van der Waals surface area contributed by atoms with Crippen molar-refractivity contribution in [3.05, 3.63) is 40.1 Å². The molecule has 2 N–H and O–H groups in total. The lowest BCUT2D eigenvalue weighted by atomic mass is 10.3. The number of nitrogens with zero attached hydrogens (tertiary/aromatic N) is 1. The monoisotopic (exact) mass is 312 g/mol. The number of carbonyl (C=O) groups is 1. The maximum absolute atomic E-state index is 13.6. The summed E-state index contributed by atoms with van der Waals surface area (Å²) in [6.45, 7) is 2.06. The number of nitrogens with two attached hydrogens (primary N) is 1. The molecule has 20 heavy (non-hydrogen) atoms. The third kappa shape index (κ3) is 3.71. The van der Waals surface area contributed by atoms with Crippen molar-refractivity contribution in [2.75, 3.05) is 12.3 Å². The predicted octanol–water partition coefficient (Wildman–Crippen LogP) is 3.33. The molecule has 2 aromatic rings. The van der Waals surface area contributed by atoms with E-state index in [2.05, 4.69) is 4.98 Å². The Morgan fingerprint density at radius 2 is 2.35 bits per heavy atom. The van der Waals surface area contributed by atoms with E-state index in [1.54, 1.807) is 24.4 Å². The second-order valence-corrected chi connectivity index (χ2v) is 5.72. The van der Waals surface area contributed by atoms with E-state index >= 15 is 0 Å². The van der Waals surface area contributed by atoms with E-state index in [0.29, 0.717) is 28.0 Å². The number of esters is 1. The fourth-order valence-electron chi connectivity index (χ4n) is 1.45. The number of benzene rings is 1. The third-order valence-electron chi connectivity index (χ3n) is 2.33. The third-order valence-corrected chi connectivity index (χ3v) is 4.29. The Morgan fingerprint density at radius 3 is 3.05 bits per heavy atom. The fraction of sp³-hybridized carbons (Fsp3) is 0.231. The van der Waals surface area contributed by atoms with Crippen LogP contribution >= 0.6 is 23.1 Å². The van der Waals surface area contributed by atoms with Crippen LogP contribution in [0.1, 0.15) is 22.4 Å². The summed E-state index contributed by atoms with van der Waals surface area (Å²) in [5.41, 5.74) is 6.60. The van der Waals surface area contributed by atoms with Crippen LogP contribution in [0.2, 0.25) is 0 Å². The first-order valence-corrected chi connectivity index (χ1v) is 7.76. The molecule has 0 saturated heterocycles. The zero-order chi connectivity index (χ0) is 14.5. The van der Waals surface area contributed by atoms with Crippen molar-refractivity contribution in [3.63, 3.8) is 0 Å². The first-order valence-electron chi connectivity index (χ1n) is 5.89. The number of rotatable bonds is 5. The molecule has 4 nitrogen and oxygen atoms in total. The van der Waals surface area contributed by atoms with Gasteiger partial charge in [-0.05, 0) is 25.1 Å². The molecule has 1 aromatic heterocycles. The fourth-order valence-corrected chi connectivity index (χ4v) is 3.07. The Balaban J connectivity index is 1.99. The summed E-state index contributed by atoms with van der Waals surface area (Å²) in [5, 5.41) is 2.09. The molecule has 0 aliphatic heterocycles. The SMILES string of the molecule is CCOC(=O)c1nc(CSc2ccc(N)cc2F)cs1. The second-order valence-electron chi connectivity index (χ2n) is 3.84. The minimum Gasteiger partial charge on any atom is -0.461 e. The highest BCUT2D eigenvalue weighted by atomic mass is 32.2. The lowest BCUT2D eigenvalue weighted by Crippen LogP contribution is -2.03. The first-order chi connectivity index (χ1) is 9.60. The quantitative estimate of drug-likeness (QED) is 0.521. The molecule has 0 radical (unpaired) electrons. The summed E-state index contributed by atoms with van der Waals surface area (Å²) in [5.74, 6) is -0.292. The van der Waals surface area contributed by atoms with Gasteiger partial charge in [0.25, 0.3) is 0 Å². The lowest BCUT2D eigenvalue weighted by molar-refractivity contribution is 0.0525. The van der Waals surface area contributed by atoms with Gasteiger partial charge in [0, 0.05) is 21.7 Å². The molecule has 7 heteroatoms. The van der Waals surface area contributed by atoms with Crippen molar-refractivity contribution in [2.24, 2.45) is 0 Å². The molecule has 1 aromatic carbocycles. The molecule has 0 spiro atoms. The van der Waals surface area contributed by atoms with Crippen LogP contribution in [-0.2, 0) is 10.5 Å². The standard InChI is InChI=1S/C13H13FN2O2S2/c1-2-18-13(17)12-16-9(7-20-12)6-19-11-4-3-8(15)5-10(11)14/h3-5,7H,2,6,15H2,1H3. The zero-order valence-electron chi connectivity index (χ0n) is 10.8. The second kappa shape index (κ2) is 6.71. The number of thiazole rings is 1. The van der Waals surface area contributed by atoms with E-state index < -0.39 is 5.97 Å². The number of halogens is 1. The van der Waals surface area contributed by atoms with Crippen LogP contribution < -0.4 is 5.73 Å². The van der Waals surface area contributed by atoms with Gasteiger partial charge >= 0.3 is 5.97 Å². The number of hydrogen-bond donors (Lipinski definition) is 1. The van der Waals surface area contributed by atoms with Crippen molar-refractivity contribution >= 4 is 34.8 Å². The Hall–Kier alpha value is -1.60. The van der Waals surface area contributed by atoms with Gasteiger partial charge in [-0.1, -0.05) is 0 Å². The summed E-state index contributed by atoms with van der Waals surface area (Å²) >= 11 is 2.54. The minimum atomic E-state index is -0.424. The Bertz CT molecular complexity index is 616. The van der Waals surface area contributed by atoms with Crippen molar-refractivity contribution in [1.82, 2.24) is 4.98 Å². The summed E-state index contributed by atoms with van der Waals surface area (Å²) in [6.07, 6.45) is 0. The Labute approximate surface area is 124 Å². The molecule has 1 heterocycles. The van der Waals surface area contributed by atoms with Gasteiger partial charge in [-0.25, -0.2) is 14.2 Å². The molecule has 0 fully saturated rings. The van der Waals surface area contributed by atoms with Gasteiger partial charge in [-0.2, -0.15) is 0 Å². The Kier molecular flexibility index (Phi) is 4.97. The number of aromatic nitrogens is 1. The van der Waals surface area contributed by atoms with Crippen LogP contribution in [0, 0.1) is 5.82 Å². The average molecular weight is 312 g/mol. The van der Waals surface area contributed by atoms with Crippen LogP contribution in [0.3, 0.4) is 0 Å². The molecule has 106 valence electrons. The molecule has 0 aliphatic rings. The van der Waals surface area contributed by atoms with Crippen LogP contribution in [0.15, 0.2) is 28.5 Å². The molecule has 0 aliphatic carbocycles. The van der Waals surface area contributed by atoms with E-state index in [0.717, 1.165) is 5.69 Å². The van der Waals surface area contributed by atoms with Crippen molar-refractivity contribution in [3.8, 4) is 0 Å². The van der Waals surface area contributed by atoms with Crippen molar-refractivity contribution < 1.29 is 13.9 Å². The van der Waals surface area contributed by atoms with Crippen molar-refractivity contribution in [2.45, 2.75) is 17.6 Å². The van der Waals surface area contributed by atoms with Gasteiger partial charge in [0.15, 0.2) is 0 Å². The van der Waals surface area contributed by atoms with Gasteiger partial charge < -0.3 is 10.5 Å². The number of anilines is 1.